The van der Waals surface area contributed by atoms with E-state index in [9.17, 15) is 4.79 Å². The summed E-state index contributed by atoms with van der Waals surface area (Å²) in [4.78, 5) is 11.5. The minimum Gasteiger partial charge on any atom is -0.493 e. The summed E-state index contributed by atoms with van der Waals surface area (Å²) < 4.78 is 5.75. The summed E-state index contributed by atoms with van der Waals surface area (Å²) in [5, 5.41) is 0. The number of ether oxygens (including phenoxy) is 1. The summed E-state index contributed by atoms with van der Waals surface area (Å²) in [6, 6.07) is 5.61. The highest BCUT2D eigenvalue weighted by atomic mass is 16.5. The van der Waals surface area contributed by atoms with Crippen LogP contribution < -0.4 is 4.74 Å². The van der Waals surface area contributed by atoms with Gasteiger partial charge in [0.05, 0.1) is 6.61 Å². The lowest BCUT2D eigenvalue weighted by atomic mass is 10.0. The average Bonchev–Trinajstić information content (AvgIpc) is 2.35. The average molecular weight is 246 g/mol. The van der Waals surface area contributed by atoms with E-state index in [1.54, 1.807) is 13.0 Å². The Hall–Kier alpha value is -1.57. The smallest absolute Gasteiger partial charge is 0.159 e. The maximum Gasteiger partial charge on any atom is 0.159 e. The molecule has 0 aromatic heterocycles. The third-order valence-electron chi connectivity index (χ3n) is 3.04. The SMILES string of the molecule is C=C(C)c1cc(OCC(C)CC)cc(C(C)=O)c1. The van der Waals surface area contributed by atoms with Gasteiger partial charge in [-0.05, 0) is 43.5 Å². The Balaban J connectivity index is 2.96. The van der Waals surface area contributed by atoms with Crippen molar-refractivity contribution in [2.75, 3.05) is 6.61 Å². The Labute approximate surface area is 110 Å². The van der Waals surface area contributed by atoms with Gasteiger partial charge in [0.25, 0.3) is 0 Å². The van der Waals surface area contributed by atoms with E-state index >= 15 is 0 Å². The van der Waals surface area contributed by atoms with Gasteiger partial charge in [-0.3, -0.25) is 4.79 Å². The minimum absolute atomic E-state index is 0.0477. The molecule has 1 unspecified atom stereocenters. The second kappa shape index (κ2) is 6.39. The molecular formula is C16H22O2. The number of ketones is 1. The highest BCUT2D eigenvalue weighted by Gasteiger charge is 2.07. The molecule has 0 amide bonds. The molecule has 1 atom stereocenters. The third-order valence-corrected chi connectivity index (χ3v) is 3.04. The standard InChI is InChI=1S/C16H22O2/c1-6-12(4)10-18-16-8-14(11(2)3)7-15(9-16)13(5)17/h7-9,12H,2,6,10H2,1,3-5H3. The monoisotopic (exact) mass is 246 g/mol. The van der Waals surface area contributed by atoms with Gasteiger partial charge in [-0.25, -0.2) is 0 Å². The zero-order valence-corrected chi connectivity index (χ0v) is 11.7. The van der Waals surface area contributed by atoms with Crippen LogP contribution in [0.4, 0.5) is 0 Å². The normalized spacial score (nSPS) is 12.0. The largest absolute Gasteiger partial charge is 0.493 e. The lowest BCUT2D eigenvalue weighted by molar-refractivity contribution is 0.101. The van der Waals surface area contributed by atoms with E-state index < -0.39 is 0 Å². The molecule has 0 aliphatic heterocycles. The van der Waals surface area contributed by atoms with Crippen LogP contribution in [-0.4, -0.2) is 12.4 Å². The van der Waals surface area contributed by atoms with Crippen LogP contribution in [0.5, 0.6) is 5.75 Å². The first-order chi connectivity index (χ1) is 8.43. The molecule has 0 spiro atoms. The van der Waals surface area contributed by atoms with Crippen molar-refractivity contribution in [3.63, 3.8) is 0 Å². The third kappa shape index (κ3) is 4.02. The predicted octanol–water partition coefficient (Wildman–Crippen LogP) is 4.35. The molecule has 2 nitrogen and oxygen atoms in total. The first kappa shape index (κ1) is 14.5. The molecule has 0 aliphatic carbocycles. The van der Waals surface area contributed by atoms with E-state index in [4.69, 9.17) is 4.74 Å². The second-order valence-electron chi connectivity index (χ2n) is 4.91. The first-order valence-corrected chi connectivity index (χ1v) is 6.38. The van der Waals surface area contributed by atoms with Gasteiger partial charge in [-0.15, -0.1) is 0 Å². The number of carbonyl (C=O) groups is 1. The molecule has 1 rings (SSSR count). The Morgan fingerprint density at radius 3 is 2.39 bits per heavy atom. The van der Waals surface area contributed by atoms with Gasteiger partial charge >= 0.3 is 0 Å². The molecule has 0 bridgehead atoms. The van der Waals surface area contributed by atoms with E-state index in [-0.39, 0.29) is 5.78 Å². The van der Waals surface area contributed by atoms with Crippen LogP contribution in [-0.2, 0) is 0 Å². The quantitative estimate of drug-likeness (QED) is 0.698. The van der Waals surface area contributed by atoms with Crippen LogP contribution in [0.15, 0.2) is 24.8 Å². The molecule has 0 fully saturated rings. The van der Waals surface area contributed by atoms with Crippen molar-refractivity contribution in [3.05, 3.63) is 35.9 Å². The number of allylic oxidation sites excluding steroid dienone is 1. The van der Waals surface area contributed by atoms with Crippen LogP contribution in [0.1, 0.15) is 50.0 Å². The highest BCUT2D eigenvalue weighted by Crippen LogP contribution is 2.23. The van der Waals surface area contributed by atoms with Gasteiger partial charge in [0.15, 0.2) is 5.78 Å². The number of rotatable bonds is 6. The van der Waals surface area contributed by atoms with Crippen molar-refractivity contribution < 1.29 is 9.53 Å². The zero-order chi connectivity index (χ0) is 13.7. The van der Waals surface area contributed by atoms with Crippen molar-refractivity contribution >= 4 is 11.4 Å². The molecule has 0 saturated carbocycles. The Bertz CT molecular complexity index is 414. The number of Topliss-reactive ketones (excluding diaryl/α,β-unsaturated/α-hetero) is 1. The summed E-state index contributed by atoms with van der Waals surface area (Å²) in [5.41, 5.74) is 2.57. The van der Waals surface area contributed by atoms with E-state index in [1.807, 2.05) is 19.1 Å². The molecular weight excluding hydrogens is 224 g/mol. The fourth-order valence-electron chi connectivity index (χ4n) is 1.49. The molecule has 98 valence electrons. The fraction of sp³-hybridized carbons (Fsp3) is 0.438. The van der Waals surface area contributed by atoms with Gasteiger partial charge in [0.1, 0.15) is 5.75 Å². The van der Waals surface area contributed by atoms with Gasteiger partial charge in [0, 0.05) is 5.56 Å². The summed E-state index contributed by atoms with van der Waals surface area (Å²) in [6.45, 7) is 12.4. The lowest BCUT2D eigenvalue weighted by Gasteiger charge is -2.13. The van der Waals surface area contributed by atoms with E-state index in [0.717, 1.165) is 23.3 Å². The van der Waals surface area contributed by atoms with Gasteiger partial charge < -0.3 is 4.74 Å². The van der Waals surface area contributed by atoms with Crippen molar-refractivity contribution in [1.29, 1.82) is 0 Å². The minimum atomic E-state index is 0.0477. The van der Waals surface area contributed by atoms with Crippen molar-refractivity contribution in [1.82, 2.24) is 0 Å². The second-order valence-corrected chi connectivity index (χ2v) is 4.91. The van der Waals surface area contributed by atoms with E-state index in [0.29, 0.717) is 18.1 Å². The summed E-state index contributed by atoms with van der Waals surface area (Å²) in [7, 11) is 0. The first-order valence-electron chi connectivity index (χ1n) is 6.38. The van der Waals surface area contributed by atoms with Crippen LogP contribution >= 0.6 is 0 Å². The number of hydrogen-bond acceptors (Lipinski definition) is 2. The summed E-state index contributed by atoms with van der Waals surface area (Å²) in [6.07, 6.45) is 1.08. The molecule has 1 aromatic carbocycles. The molecule has 0 N–H and O–H groups in total. The molecule has 18 heavy (non-hydrogen) atoms. The van der Waals surface area contributed by atoms with E-state index in [2.05, 4.69) is 20.4 Å². The predicted molar refractivity (Wildman–Crippen MR) is 76.1 cm³/mol. The van der Waals surface area contributed by atoms with Gasteiger partial charge in [0.2, 0.25) is 0 Å². The van der Waals surface area contributed by atoms with Crippen LogP contribution in [0, 0.1) is 5.92 Å². The molecule has 0 saturated heterocycles. The topological polar surface area (TPSA) is 26.3 Å². The van der Waals surface area contributed by atoms with Crippen molar-refractivity contribution in [2.24, 2.45) is 5.92 Å². The number of carbonyl (C=O) groups excluding carboxylic acids is 1. The van der Waals surface area contributed by atoms with Crippen LogP contribution in [0.25, 0.3) is 5.57 Å². The molecule has 2 heteroatoms. The van der Waals surface area contributed by atoms with Crippen LogP contribution in [0.2, 0.25) is 0 Å². The molecule has 1 aromatic rings. The molecule has 0 radical (unpaired) electrons. The Kier molecular flexibility index (Phi) is 5.14. The van der Waals surface area contributed by atoms with Crippen LogP contribution in [0.3, 0.4) is 0 Å². The maximum absolute atomic E-state index is 11.5. The Morgan fingerprint density at radius 1 is 1.28 bits per heavy atom. The maximum atomic E-state index is 11.5. The lowest BCUT2D eigenvalue weighted by Crippen LogP contribution is -2.08. The number of hydrogen-bond donors (Lipinski definition) is 0. The van der Waals surface area contributed by atoms with Crippen molar-refractivity contribution in [3.8, 4) is 5.75 Å². The van der Waals surface area contributed by atoms with E-state index in [1.165, 1.54) is 0 Å². The Morgan fingerprint density at radius 2 is 1.89 bits per heavy atom. The summed E-state index contributed by atoms with van der Waals surface area (Å²) >= 11 is 0. The van der Waals surface area contributed by atoms with Gasteiger partial charge in [-0.1, -0.05) is 32.4 Å². The highest BCUT2D eigenvalue weighted by molar-refractivity contribution is 5.95. The molecule has 0 heterocycles. The van der Waals surface area contributed by atoms with Crippen molar-refractivity contribution in [2.45, 2.75) is 34.1 Å². The number of benzene rings is 1. The zero-order valence-electron chi connectivity index (χ0n) is 11.7. The van der Waals surface area contributed by atoms with Gasteiger partial charge in [-0.2, -0.15) is 0 Å². The fourth-order valence-corrected chi connectivity index (χ4v) is 1.49. The summed E-state index contributed by atoms with van der Waals surface area (Å²) in [5.74, 6) is 1.31. The molecule has 0 aliphatic rings.